The summed E-state index contributed by atoms with van der Waals surface area (Å²) in [6.07, 6.45) is 11.9. The number of rotatable bonds is 6. The van der Waals surface area contributed by atoms with E-state index < -0.39 is 0 Å². The molecule has 3 unspecified atom stereocenters. The van der Waals surface area contributed by atoms with Gasteiger partial charge >= 0.3 is 0 Å². The molecule has 2 bridgehead atoms. The van der Waals surface area contributed by atoms with Gasteiger partial charge in [-0.05, 0) is 88.5 Å². The second-order valence-corrected chi connectivity index (χ2v) is 7.12. The Labute approximate surface area is 118 Å². The molecule has 1 aliphatic heterocycles. The zero-order valence-electron chi connectivity index (χ0n) is 12.5. The number of piperidine rings is 1. The molecule has 0 amide bonds. The lowest BCUT2D eigenvalue weighted by molar-refractivity contribution is 0.190. The Kier molecular flexibility index (Phi) is 4.60. The van der Waals surface area contributed by atoms with Gasteiger partial charge < -0.3 is 10.2 Å². The number of likely N-dealkylation sites (tertiary alicyclic amines) is 1. The number of allylic oxidation sites excluding steroid dienone is 2. The largest absolute Gasteiger partial charge is 0.316 e. The van der Waals surface area contributed by atoms with E-state index in [0.717, 1.165) is 23.7 Å². The Hall–Kier alpha value is -0.340. The van der Waals surface area contributed by atoms with Gasteiger partial charge in [-0.15, -0.1) is 0 Å². The molecule has 1 saturated carbocycles. The van der Waals surface area contributed by atoms with E-state index in [1.54, 1.807) is 0 Å². The van der Waals surface area contributed by atoms with Crippen molar-refractivity contribution in [1.82, 2.24) is 10.2 Å². The summed E-state index contributed by atoms with van der Waals surface area (Å²) >= 11 is 0. The van der Waals surface area contributed by atoms with Crippen LogP contribution in [0.25, 0.3) is 0 Å². The van der Waals surface area contributed by atoms with Crippen molar-refractivity contribution < 1.29 is 0 Å². The lowest BCUT2D eigenvalue weighted by Crippen LogP contribution is -2.35. The summed E-state index contributed by atoms with van der Waals surface area (Å²) in [4.78, 5) is 2.65. The first-order valence-corrected chi connectivity index (χ1v) is 8.42. The molecule has 0 radical (unpaired) electrons. The molecule has 2 heteroatoms. The maximum Gasteiger partial charge on any atom is -0.000664 e. The van der Waals surface area contributed by atoms with Crippen molar-refractivity contribution in [2.24, 2.45) is 23.7 Å². The van der Waals surface area contributed by atoms with Gasteiger partial charge in [0, 0.05) is 0 Å². The Balaban J connectivity index is 1.23. The molecule has 108 valence electrons. The van der Waals surface area contributed by atoms with Gasteiger partial charge in [-0.2, -0.15) is 0 Å². The minimum absolute atomic E-state index is 0.904. The third-order valence-corrected chi connectivity index (χ3v) is 5.53. The van der Waals surface area contributed by atoms with Gasteiger partial charge in [0.15, 0.2) is 0 Å². The van der Waals surface area contributed by atoms with Crippen LogP contribution in [0.5, 0.6) is 0 Å². The Morgan fingerprint density at radius 2 is 2.00 bits per heavy atom. The van der Waals surface area contributed by atoms with Crippen molar-refractivity contribution in [3.05, 3.63) is 12.2 Å². The van der Waals surface area contributed by atoms with Crippen LogP contribution in [0, 0.1) is 23.7 Å². The van der Waals surface area contributed by atoms with Crippen LogP contribution in [0.4, 0.5) is 0 Å². The molecule has 3 atom stereocenters. The van der Waals surface area contributed by atoms with Gasteiger partial charge in [-0.1, -0.05) is 19.1 Å². The van der Waals surface area contributed by atoms with E-state index >= 15 is 0 Å². The Morgan fingerprint density at radius 1 is 1.16 bits per heavy atom. The van der Waals surface area contributed by atoms with Crippen molar-refractivity contribution >= 4 is 0 Å². The monoisotopic (exact) mass is 262 g/mol. The van der Waals surface area contributed by atoms with Gasteiger partial charge in [0.25, 0.3) is 0 Å². The Bertz CT molecular complexity index is 304. The SMILES string of the molecule is CC1CCN(CCCNCC2CC3C=CC2C3)CC1. The predicted molar refractivity (Wildman–Crippen MR) is 81.2 cm³/mol. The highest BCUT2D eigenvalue weighted by Crippen LogP contribution is 2.42. The summed E-state index contributed by atoms with van der Waals surface area (Å²) in [5, 5.41) is 3.70. The topological polar surface area (TPSA) is 15.3 Å². The zero-order valence-corrected chi connectivity index (χ0v) is 12.5. The molecule has 2 fully saturated rings. The van der Waals surface area contributed by atoms with Crippen LogP contribution in [-0.2, 0) is 0 Å². The predicted octanol–water partition coefficient (Wildman–Crippen LogP) is 2.91. The molecule has 3 rings (SSSR count). The number of fused-ring (bicyclic) bond motifs is 2. The first-order chi connectivity index (χ1) is 9.31. The fourth-order valence-corrected chi connectivity index (χ4v) is 4.13. The van der Waals surface area contributed by atoms with E-state index in [0.29, 0.717) is 0 Å². The molecule has 0 aromatic rings. The first-order valence-electron chi connectivity index (χ1n) is 8.42. The lowest BCUT2D eigenvalue weighted by Gasteiger charge is -2.30. The fraction of sp³-hybridized carbons (Fsp3) is 0.882. The van der Waals surface area contributed by atoms with E-state index in [1.807, 2.05) is 0 Å². The zero-order chi connectivity index (χ0) is 13.1. The molecule has 1 heterocycles. The third kappa shape index (κ3) is 3.61. The van der Waals surface area contributed by atoms with E-state index in [4.69, 9.17) is 0 Å². The molecular weight excluding hydrogens is 232 g/mol. The van der Waals surface area contributed by atoms with Gasteiger partial charge in [-0.25, -0.2) is 0 Å². The Morgan fingerprint density at radius 3 is 2.68 bits per heavy atom. The second-order valence-electron chi connectivity index (χ2n) is 7.12. The summed E-state index contributed by atoms with van der Waals surface area (Å²) in [6.45, 7) is 8.82. The van der Waals surface area contributed by atoms with Crippen LogP contribution in [-0.4, -0.2) is 37.6 Å². The summed E-state index contributed by atoms with van der Waals surface area (Å²) in [5.74, 6) is 3.72. The quantitative estimate of drug-likeness (QED) is 0.585. The average Bonchev–Trinajstić information content (AvgIpc) is 3.03. The van der Waals surface area contributed by atoms with Crippen molar-refractivity contribution in [3.8, 4) is 0 Å². The smallest absolute Gasteiger partial charge is 0.000664 e. The normalized spacial score (nSPS) is 35.3. The summed E-state index contributed by atoms with van der Waals surface area (Å²) in [6, 6.07) is 0. The highest BCUT2D eigenvalue weighted by atomic mass is 15.1. The maximum absolute atomic E-state index is 3.70. The van der Waals surface area contributed by atoms with Crippen molar-refractivity contribution in [3.63, 3.8) is 0 Å². The van der Waals surface area contributed by atoms with Crippen LogP contribution in [0.1, 0.15) is 39.0 Å². The highest BCUT2D eigenvalue weighted by molar-refractivity contribution is 5.10. The maximum atomic E-state index is 3.70. The lowest BCUT2D eigenvalue weighted by atomic mass is 9.93. The highest BCUT2D eigenvalue weighted by Gasteiger charge is 2.34. The molecule has 19 heavy (non-hydrogen) atoms. The average molecular weight is 262 g/mol. The van der Waals surface area contributed by atoms with E-state index in [9.17, 15) is 0 Å². The van der Waals surface area contributed by atoms with Crippen molar-refractivity contribution in [2.75, 3.05) is 32.7 Å². The minimum Gasteiger partial charge on any atom is -0.316 e. The van der Waals surface area contributed by atoms with Crippen LogP contribution in [0.3, 0.4) is 0 Å². The first kappa shape index (κ1) is 13.6. The molecule has 2 aliphatic carbocycles. The second kappa shape index (κ2) is 6.41. The molecular formula is C17H30N2. The number of nitrogens with zero attached hydrogens (tertiary/aromatic N) is 1. The number of hydrogen-bond donors (Lipinski definition) is 1. The molecule has 0 spiro atoms. The number of nitrogens with one attached hydrogen (secondary N) is 1. The van der Waals surface area contributed by atoms with Gasteiger partial charge in [0.2, 0.25) is 0 Å². The van der Waals surface area contributed by atoms with Crippen molar-refractivity contribution in [2.45, 2.75) is 39.0 Å². The van der Waals surface area contributed by atoms with Gasteiger partial charge in [-0.3, -0.25) is 0 Å². The fourth-order valence-electron chi connectivity index (χ4n) is 4.13. The summed E-state index contributed by atoms with van der Waals surface area (Å²) in [7, 11) is 0. The molecule has 1 N–H and O–H groups in total. The molecule has 0 aromatic heterocycles. The number of hydrogen-bond acceptors (Lipinski definition) is 2. The van der Waals surface area contributed by atoms with Crippen LogP contribution in [0.2, 0.25) is 0 Å². The summed E-state index contributed by atoms with van der Waals surface area (Å²) in [5.41, 5.74) is 0. The minimum atomic E-state index is 0.904. The molecule has 0 aromatic carbocycles. The van der Waals surface area contributed by atoms with E-state index in [1.165, 1.54) is 64.8 Å². The molecule has 1 saturated heterocycles. The summed E-state index contributed by atoms with van der Waals surface area (Å²) < 4.78 is 0. The van der Waals surface area contributed by atoms with Gasteiger partial charge in [0.05, 0.1) is 0 Å². The molecule has 2 nitrogen and oxygen atoms in total. The van der Waals surface area contributed by atoms with Crippen LogP contribution < -0.4 is 5.32 Å². The van der Waals surface area contributed by atoms with Crippen LogP contribution >= 0.6 is 0 Å². The van der Waals surface area contributed by atoms with E-state index in [2.05, 4.69) is 29.3 Å². The third-order valence-electron chi connectivity index (χ3n) is 5.53. The van der Waals surface area contributed by atoms with Gasteiger partial charge in [0.1, 0.15) is 0 Å². The van der Waals surface area contributed by atoms with Crippen molar-refractivity contribution in [1.29, 1.82) is 0 Å². The molecule has 3 aliphatic rings. The van der Waals surface area contributed by atoms with E-state index in [-0.39, 0.29) is 0 Å². The van der Waals surface area contributed by atoms with Crippen LogP contribution in [0.15, 0.2) is 12.2 Å². The standard InChI is InChI=1S/C17H30N2/c1-14-5-9-19(10-6-14)8-2-7-18-13-17-12-15-3-4-16(17)11-15/h3-4,14-18H,2,5-13H2,1H3.